The third-order valence-corrected chi connectivity index (χ3v) is 10.4. The van der Waals surface area contributed by atoms with Crippen LogP contribution >= 0.6 is 0 Å². The van der Waals surface area contributed by atoms with Crippen LogP contribution in [0.5, 0.6) is 0 Å². The van der Waals surface area contributed by atoms with Crippen molar-refractivity contribution in [2.24, 2.45) is 0 Å². The highest BCUT2D eigenvalue weighted by molar-refractivity contribution is 5.71. The van der Waals surface area contributed by atoms with Gasteiger partial charge in [-0.15, -0.1) is 0 Å². The van der Waals surface area contributed by atoms with Gasteiger partial charge in [-0.05, 0) is 83.5 Å². The van der Waals surface area contributed by atoms with Crippen LogP contribution in [0.25, 0.3) is 0 Å². The van der Waals surface area contributed by atoms with Gasteiger partial charge in [0.05, 0.1) is 0 Å². The molecule has 0 N–H and O–H groups in total. The predicted octanol–water partition coefficient (Wildman–Crippen LogP) is 16.8. The van der Waals surface area contributed by atoms with Crippen molar-refractivity contribution in [3.63, 3.8) is 0 Å². The van der Waals surface area contributed by atoms with E-state index in [9.17, 15) is 14.4 Å². The van der Waals surface area contributed by atoms with Crippen molar-refractivity contribution >= 4 is 17.9 Å². The fraction of sp³-hybridized carbons (Fsp3) is 0.632. The molecule has 0 bridgehead atoms. The molecule has 0 amide bonds. The monoisotopic (exact) mass is 873 g/mol. The number of hydrogen-bond acceptors (Lipinski definition) is 6. The number of hydrogen-bond donors (Lipinski definition) is 0. The zero-order chi connectivity index (χ0) is 45.8. The molecular weight excluding hydrogens is 781 g/mol. The molecule has 0 saturated carbocycles. The van der Waals surface area contributed by atoms with Gasteiger partial charge in [0.1, 0.15) is 13.2 Å². The van der Waals surface area contributed by atoms with E-state index in [4.69, 9.17) is 14.2 Å². The summed E-state index contributed by atoms with van der Waals surface area (Å²) < 4.78 is 16.7. The van der Waals surface area contributed by atoms with Crippen LogP contribution < -0.4 is 0 Å². The molecule has 0 aliphatic carbocycles. The van der Waals surface area contributed by atoms with Gasteiger partial charge in [-0.3, -0.25) is 14.4 Å². The average molecular weight is 873 g/mol. The van der Waals surface area contributed by atoms with Crippen LogP contribution in [0.1, 0.15) is 213 Å². The first-order chi connectivity index (χ1) is 31.0. The summed E-state index contributed by atoms with van der Waals surface area (Å²) in [5.41, 5.74) is 0. The largest absolute Gasteiger partial charge is 0.462 e. The molecule has 0 spiro atoms. The molecule has 0 aliphatic heterocycles. The summed E-state index contributed by atoms with van der Waals surface area (Å²) in [4.78, 5) is 37.9. The maximum Gasteiger partial charge on any atom is 0.306 e. The van der Waals surface area contributed by atoms with Gasteiger partial charge >= 0.3 is 17.9 Å². The molecule has 0 saturated heterocycles. The van der Waals surface area contributed by atoms with Crippen LogP contribution in [0, 0.1) is 0 Å². The second kappa shape index (κ2) is 50.7. The molecule has 63 heavy (non-hydrogen) atoms. The van der Waals surface area contributed by atoms with Gasteiger partial charge in [0.2, 0.25) is 0 Å². The van der Waals surface area contributed by atoms with Crippen molar-refractivity contribution in [2.75, 3.05) is 13.2 Å². The van der Waals surface area contributed by atoms with Crippen LogP contribution in [0.15, 0.2) is 109 Å². The fourth-order valence-electron chi connectivity index (χ4n) is 6.62. The maximum absolute atomic E-state index is 12.8. The lowest BCUT2D eigenvalue weighted by atomic mass is 10.1. The Labute approximate surface area is 387 Å². The topological polar surface area (TPSA) is 78.9 Å². The van der Waals surface area contributed by atoms with Crippen molar-refractivity contribution < 1.29 is 28.6 Å². The minimum atomic E-state index is -0.809. The third-order valence-electron chi connectivity index (χ3n) is 10.4. The predicted molar refractivity (Wildman–Crippen MR) is 270 cm³/mol. The Morgan fingerprint density at radius 3 is 1.00 bits per heavy atom. The second-order valence-electron chi connectivity index (χ2n) is 16.5. The highest BCUT2D eigenvalue weighted by atomic mass is 16.6. The van der Waals surface area contributed by atoms with Gasteiger partial charge < -0.3 is 14.2 Å². The smallest absolute Gasteiger partial charge is 0.306 e. The maximum atomic E-state index is 12.8. The Morgan fingerprint density at radius 1 is 0.333 bits per heavy atom. The lowest BCUT2D eigenvalue weighted by molar-refractivity contribution is -0.167. The molecule has 0 aromatic rings. The van der Waals surface area contributed by atoms with E-state index in [2.05, 4.69) is 93.7 Å². The summed E-state index contributed by atoms with van der Waals surface area (Å²) in [5, 5.41) is 0. The average Bonchev–Trinajstić information content (AvgIpc) is 3.28. The van der Waals surface area contributed by atoms with Crippen molar-refractivity contribution in [2.45, 2.75) is 219 Å². The molecule has 356 valence electrons. The first-order valence-corrected chi connectivity index (χ1v) is 25.5. The van der Waals surface area contributed by atoms with E-state index in [0.717, 1.165) is 89.9 Å². The van der Waals surface area contributed by atoms with Crippen LogP contribution in [0.3, 0.4) is 0 Å². The summed E-state index contributed by atoms with van der Waals surface area (Å²) >= 11 is 0. The van der Waals surface area contributed by atoms with Gasteiger partial charge in [0, 0.05) is 19.3 Å². The molecule has 0 rings (SSSR count). The van der Waals surface area contributed by atoms with Crippen molar-refractivity contribution in [1.29, 1.82) is 0 Å². The van der Waals surface area contributed by atoms with Crippen LogP contribution in [0.2, 0.25) is 0 Å². The zero-order valence-corrected chi connectivity index (χ0v) is 40.5. The highest BCUT2D eigenvalue weighted by Crippen LogP contribution is 2.14. The SMILES string of the molecule is CC\C=C/C=C\C=C/C=C\CCCCCC(=O)OC(COC(=O)CCCCCCC\C=C/C=C\C=C/CC)COC(=O)CCCCCCCCCCCC/C=C\C=C/CCCCC. The Morgan fingerprint density at radius 2 is 0.619 bits per heavy atom. The Bertz CT molecular complexity index is 1330. The minimum Gasteiger partial charge on any atom is -0.462 e. The Hall–Kier alpha value is -3.93. The fourth-order valence-corrected chi connectivity index (χ4v) is 6.62. The van der Waals surface area contributed by atoms with Crippen LogP contribution in [-0.4, -0.2) is 37.2 Å². The highest BCUT2D eigenvalue weighted by Gasteiger charge is 2.19. The molecule has 0 aliphatic rings. The molecule has 0 heterocycles. The van der Waals surface area contributed by atoms with Crippen molar-refractivity contribution in [3.8, 4) is 0 Å². The van der Waals surface area contributed by atoms with Gasteiger partial charge in [0.25, 0.3) is 0 Å². The van der Waals surface area contributed by atoms with E-state index in [1.807, 2.05) is 36.5 Å². The Kier molecular flexibility index (Phi) is 47.5. The van der Waals surface area contributed by atoms with Crippen LogP contribution in [0.4, 0.5) is 0 Å². The number of carbonyl (C=O) groups is 3. The number of esters is 3. The molecule has 1 unspecified atom stereocenters. The normalized spacial score (nSPS) is 13.0. The van der Waals surface area contributed by atoms with E-state index in [-0.39, 0.29) is 37.5 Å². The molecule has 1 atom stereocenters. The lowest BCUT2D eigenvalue weighted by Gasteiger charge is -2.18. The number of carbonyl (C=O) groups excluding carboxylic acids is 3. The third kappa shape index (κ3) is 49.0. The number of ether oxygens (including phenoxy) is 3. The van der Waals surface area contributed by atoms with Crippen molar-refractivity contribution in [3.05, 3.63) is 109 Å². The molecule has 0 aromatic carbocycles. The molecular formula is C57H92O6. The molecule has 6 nitrogen and oxygen atoms in total. The van der Waals surface area contributed by atoms with Gasteiger partial charge in [-0.1, -0.05) is 220 Å². The number of rotatable bonds is 44. The standard InChI is InChI=1S/C57H92O6/c1-4-7-10-13-16-19-22-25-26-27-28-29-30-33-35-38-41-44-47-50-56(59)62-53-54(63-57(60)51-48-45-42-39-36-32-24-21-18-15-12-9-6-3)52-61-55(58)49-46-43-40-37-34-31-23-20-17-14-11-8-5-2/h8-9,11-12,14-25,32,36,54H,4-7,10,13,26-31,33-35,37-53H2,1-3H3/b11-8-,12-9-,17-14-,18-15-,19-16-,23-20-,24-21-,25-22-,36-32-. The molecule has 6 heteroatoms. The zero-order valence-electron chi connectivity index (χ0n) is 40.5. The summed E-state index contributed by atoms with van der Waals surface area (Å²) in [6, 6.07) is 0. The summed E-state index contributed by atoms with van der Waals surface area (Å²) in [7, 11) is 0. The van der Waals surface area contributed by atoms with Gasteiger partial charge in [-0.25, -0.2) is 0 Å². The van der Waals surface area contributed by atoms with E-state index < -0.39 is 6.10 Å². The molecule has 0 fully saturated rings. The first-order valence-electron chi connectivity index (χ1n) is 25.5. The van der Waals surface area contributed by atoms with E-state index in [0.29, 0.717) is 19.3 Å². The summed E-state index contributed by atoms with van der Waals surface area (Å²) in [6.45, 7) is 6.27. The van der Waals surface area contributed by atoms with Crippen LogP contribution in [-0.2, 0) is 28.6 Å². The number of unbranched alkanes of at least 4 members (excludes halogenated alkanes) is 21. The summed E-state index contributed by atoms with van der Waals surface area (Å²) in [6.07, 6.45) is 67.9. The number of allylic oxidation sites excluding steroid dienone is 18. The van der Waals surface area contributed by atoms with Gasteiger partial charge in [0.15, 0.2) is 6.10 Å². The molecule has 0 aromatic heterocycles. The second-order valence-corrected chi connectivity index (χ2v) is 16.5. The van der Waals surface area contributed by atoms with E-state index in [1.165, 1.54) is 77.0 Å². The minimum absolute atomic E-state index is 0.105. The molecule has 0 radical (unpaired) electrons. The quantitative estimate of drug-likeness (QED) is 0.0263. The summed E-state index contributed by atoms with van der Waals surface area (Å²) in [5.74, 6) is -0.975. The lowest BCUT2D eigenvalue weighted by Crippen LogP contribution is -2.30. The van der Waals surface area contributed by atoms with Gasteiger partial charge in [-0.2, -0.15) is 0 Å². The van der Waals surface area contributed by atoms with E-state index >= 15 is 0 Å². The Balaban J connectivity index is 4.44. The van der Waals surface area contributed by atoms with E-state index in [1.54, 1.807) is 0 Å². The van der Waals surface area contributed by atoms with Crippen molar-refractivity contribution in [1.82, 2.24) is 0 Å². The first kappa shape index (κ1) is 59.1.